The van der Waals surface area contributed by atoms with Crippen LogP contribution < -0.4 is 10.6 Å². The van der Waals surface area contributed by atoms with Crippen LogP contribution in [0.1, 0.15) is 62.5 Å². The Balaban J connectivity index is 0.967. The second-order valence-corrected chi connectivity index (χ2v) is 15.3. The van der Waals surface area contributed by atoms with Gasteiger partial charge >= 0.3 is 0 Å². The molecule has 0 fully saturated rings. The molecule has 0 spiro atoms. The Morgan fingerprint density at radius 1 is 0.700 bits per heavy atom. The van der Waals surface area contributed by atoms with Gasteiger partial charge in [-0.15, -0.1) is 0 Å². The molecule has 7 atom stereocenters. The summed E-state index contributed by atoms with van der Waals surface area (Å²) in [5, 5.41) is 4.29. The van der Waals surface area contributed by atoms with Gasteiger partial charge in [0, 0.05) is 56.7 Å². The van der Waals surface area contributed by atoms with Crippen molar-refractivity contribution in [3.05, 3.63) is 178 Å². The number of nitrogens with zero attached hydrogens (tertiary/aromatic N) is 2. The highest BCUT2D eigenvalue weighted by atomic mass is 15.2. The first kappa shape index (κ1) is 30.0. The lowest BCUT2D eigenvalue weighted by atomic mass is 9.79. The second kappa shape index (κ2) is 12.5. The third-order valence-corrected chi connectivity index (χ3v) is 12.6. The van der Waals surface area contributed by atoms with Crippen LogP contribution in [0.5, 0.6) is 0 Å². The van der Waals surface area contributed by atoms with Crippen LogP contribution in [0.15, 0.2) is 162 Å². The molecule has 2 heterocycles. The van der Waals surface area contributed by atoms with E-state index >= 15 is 0 Å². The summed E-state index contributed by atoms with van der Waals surface area (Å²) in [7, 11) is 0. The van der Waals surface area contributed by atoms with Crippen molar-refractivity contribution in [2.24, 2.45) is 23.7 Å². The summed E-state index contributed by atoms with van der Waals surface area (Å²) in [4.78, 5) is 2.72. The van der Waals surface area contributed by atoms with Gasteiger partial charge in [-0.05, 0) is 85.6 Å². The molecule has 0 amide bonds. The first-order valence-electron chi connectivity index (χ1n) is 19.1. The van der Waals surface area contributed by atoms with Gasteiger partial charge < -0.3 is 9.47 Å². The average molecular weight is 651 g/mol. The SMILES string of the molecule is C1=CCC(C2C=CCC(n3c4c(c5ccccc53)=CC(C3=CC5C6=C(CCC=C6)N(C6=CC=CC(c7ccccc7)C6)C5C=C3)CC=4)C2)C=C1. The fraction of sp³-hybridized carbons (Fsp3) is 0.292. The molecular weight excluding hydrogens is 605 g/mol. The van der Waals surface area contributed by atoms with E-state index < -0.39 is 0 Å². The van der Waals surface area contributed by atoms with E-state index in [2.05, 4.69) is 161 Å². The second-order valence-electron chi connectivity index (χ2n) is 15.3. The smallest absolute Gasteiger partial charge is 0.0623 e. The van der Waals surface area contributed by atoms with E-state index in [1.165, 1.54) is 50.3 Å². The minimum Gasteiger partial charge on any atom is -0.341 e. The zero-order valence-corrected chi connectivity index (χ0v) is 28.8. The number of aromatic nitrogens is 1. The third kappa shape index (κ3) is 5.06. The van der Waals surface area contributed by atoms with Crippen LogP contribution in [0.4, 0.5) is 0 Å². The van der Waals surface area contributed by atoms with Crippen molar-refractivity contribution >= 4 is 23.1 Å². The largest absolute Gasteiger partial charge is 0.341 e. The molecule has 0 radical (unpaired) electrons. The normalized spacial score (nSPS) is 30.8. The quantitative estimate of drug-likeness (QED) is 0.250. The standard InChI is InChI=1S/C48H46N2/c1-3-13-33(14-4-1)35-17-11-19-39(29-35)49-45-23-9-7-21-41(45)43-31-37(25-27-47(43)49)38-26-28-48-44(32-38)42-22-8-10-24-46(42)50(48)40-20-12-18-36(30-40)34-15-5-2-6-16-34/h1-9,11-13,15-18,20-23,26-28,31-33,35-37,39,44,48H,10,14,19,24-25,29-30H2. The monoisotopic (exact) mass is 650 g/mol. The molecule has 1 aliphatic heterocycles. The summed E-state index contributed by atoms with van der Waals surface area (Å²) >= 11 is 0. The molecular formula is C48H46N2. The van der Waals surface area contributed by atoms with Gasteiger partial charge in [0.15, 0.2) is 0 Å². The maximum Gasteiger partial charge on any atom is 0.0623 e. The molecule has 10 rings (SSSR count). The Hall–Kier alpha value is -4.82. The van der Waals surface area contributed by atoms with Crippen molar-refractivity contribution in [1.82, 2.24) is 9.47 Å². The minimum atomic E-state index is 0.354. The van der Waals surface area contributed by atoms with Crippen molar-refractivity contribution in [2.75, 3.05) is 0 Å². The Morgan fingerprint density at radius 2 is 1.62 bits per heavy atom. The van der Waals surface area contributed by atoms with Crippen LogP contribution >= 0.6 is 0 Å². The predicted octanol–water partition coefficient (Wildman–Crippen LogP) is 9.89. The van der Waals surface area contributed by atoms with Crippen LogP contribution in [-0.2, 0) is 0 Å². The summed E-state index contributed by atoms with van der Waals surface area (Å²) < 4.78 is 2.71. The number of hydrogen-bond acceptors (Lipinski definition) is 1. The van der Waals surface area contributed by atoms with E-state index in [1.807, 2.05) is 0 Å². The van der Waals surface area contributed by atoms with Gasteiger partial charge in [-0.2, -0.15) is 0 Å². The molecule has 0 bridgehead atoms. The van der Waals surface area contributed by atoms with E-state index in [-0.39, 0.29) is 0 Å². The van der Waals surface area contributed by atoms with Gasteiger partial charge in [-0.3, -0.25) is 0 Å². The van der Waals surface area contributed by atoms with Crippen molar-refractivity contribution in [3.8, 4) is 0 Å². The summed E-state index contributed by atoms with van der Waals surface area (Å²) in [6.45, 7) is 0. The number of hydrogen-bond donors (Lipinski definition) is 0. The predicted molar refractivity (Wildman–Crippen MR) is 208 cm³/mol. The number of benzene rings is 2. The van der Waals surface area contributed by atoms with Crippen LogP contribution in [0.25, 0.3) is 23.1 Å². The zero-order valence-electron chi connectivity index (χ0n) is 28.8. The molecule has 7 aliphatic rings. The van der Waals surface area contributed by atoms with Crippen LogP contribution in [-0.4, -0.2) is 15.5 Å². The summed E-state index contributed by atoms with van der Waals surface area (Å²) in [6, 6.07) is 21.1. The molecule has 6 aliphatic carbocycles. The van der Waals surface area contributed by atoms with Gasteiger partial charge in [0.05, 0.1) is 6.04 Å². The number of para-hydroxylation sites is 1. The first-order chi connectivity index (χ1) is 24.8. The Morgan fingerprint density at radius 3 is 2.54 bits per heavy atom. The topological polar surface area (TPSA) is 8.17 Å². The van der Waals surface area contributed by atoms with E-state index in [1.54, 1.807) is 5.70 Å². The molecule has 7 unspecified atom stereocenters. The van der Waals surface area contributed by atoms with Crippen LogP contribution in [0, 0.1) is 23.7 Å². The number of fused-ring (bicyclic) bond motifs is 5. The van der Waals surface area contributed by atoms with Crippen LogP contribution in [0.2, 0.25) is 0 Å². The summed E-state index contributed by atoms with van der Waals surface area (Å²) in [5.74, 6) is 2.43. The highest BCUT2D eigenvalue weighted by Gasteiger charge is 2.41. The van der Waals surface area contributed by atoms with Crippen molar-refractivity contribution in [1.29, 1.82) is 0 Å². The number of rotatable bonds is 5. The third-order valence-electron chi connectivity index (χ3n) is 12.6. The fourth-order valence-corrected chi connectivity index (χ4v) is 10.2. The lowest BCUT2D eigenvalue weighted by Gasteiger charge is -2.36. The Kier molecular flexibility index (Phi) is 7.51. The lowest BCUT2D eigenvalue weighted by Crippen LogP contribution is -2.37. The Labute approximate surface area is 296 Å². The highest BCUT2D eigenvalue weighted by molar-refractivity contribution is 5.83. The van der Waals surface area contributed by atoms with E-state index in [0.717, 1.165) is 38.5 Å². The molecule has 2 heteroatoms. The van der Waals surface area contributed by atoms with Gasteiger partial charge in [-0.25, -0.2) is 0 Å². The maximum absolute atomic E-state index is 2.72. The average Bonchev–Trinajstić information content (AvgIpc) is 3.71. The van der Waals surface area contributed by atoms with Crippen molar-refractivity contribution in [3.63, 3.8) is 0 Å². The van der Waals surface area contributed by atoms with E-state index in [0.29, 0.717) is 41.7 Å². The molecule has 2 nitrogen and oxygen atoms in total. The van der Waals surface area contributed by atoms with Crippen molar-refractivity contribution < 1.29 is 0 Å². The zero-order chi connectivity index (χ0) is 33.0. The highest BCUT2D eigenvalue weighted by Crippen LogP contribution is 2.48. The Bertz CT molecular complexity index is 2240. The first-order valence-corrected chi connectivity index (χ1v) is 19.1. The lowest BCUT2D eigenvalue weighted by molar-refractivity contribution is 0.337. The molecule has 3 aromatic rings. The molecule has 248 valence electrons. The van der Waals surface area contributed by atoms with Gasteiger partial charge in [0.25, 0.3) is 0 Å². The van der Waals surface area contributed by atoms with E-state index in [4.69, 9.17) is 0 Å². The van der Waals surface area contributed by atoms with Gasteiger partial charge in [0.1, 0.15) is 0 Å². The number of allylic oxidation sites excluding steroid dienone is 15. The fourth-order valence-electron chi connectivity index (χ4n) is 10.2. The van der Waals surface area contributed by atoms with E-state index in [9.17, 15) is 0 Å². The van der Waals surface area contributed by atoms with Crippen LogP contribution in [0.3, 0.4) is 0 Å². The summed E-state index contributed by atoms with van der Waals surface area (Å²) in [5.41, 5.74) is 8.83. The van der Waals surface area contributed by atoms with Crippen molar-refractivity contribution in [2.45, 2.75) is 62.9 Å². The molecule has 2 aromatic carbocycles. The molecule has 0 N–H and O–H groups in total. The van der Waals surface area contributed by atoms with Gasteiger partial charge in [-0.1, -0.05) is 140 Å². The molecule has 0 saturated carbocycles. The molecule has 50 heavy (non-hydrogen) atoms. The van der Waals surface area contributed by atoms with Gasteiger partial charge in [0.2, 0.25) is 0 Å². The summed E-state index contributed by atoms with van der Waals surface area (Å²) in [6.07, 6.45) is 46.8. The maximum atomic E-state index is 2.72. The minimum absolute atomic E-state index is 0.354. The molecule has 0 saturated heterocycles. The molecule has 1 aromatic heterocycles.